The van der Waals surface area contributed by atoms with Crippen LogP contribution in [0.2, 0.25) is 0 Å². The van der Waals surface area contributed by atoms with Gasteiger partial charge >= 0.3 is 5.97 Å². The highest BCUT2D eigenvalue weighted by Crippen LogP contribution is 2.28. The van der Waals surface area contributed by atoms with Gasteiger partial charge in [0.05, 0.1) is 7.11 Å². The van der Waals surface area contributed by atoms with Crippen molar-refractivity contribution in [3.8, 4) is 0 Å². The molecule has 2 rings (SSSR count). The number of esters is 1. The van der Waals surface area contributed by atoms with E-state index in [1.54, 1.807) is 0 Å². The Kier molecular flexibility index (Phi) is 7.92. The molecule has 1 amide bonds. The second kappa shape index (κ2) is 10.2. The zero-order chi connectivity index (χ0) is 18.1. The predicted molar refractivity (Wildman–Crippen MR) is 98.3 cm³/mol. The molecule has 0 aromatic heterocycles. The lowest BCUT2D eigenvalue weighted by molar-refractivity contribution is -0.141. The summed E-state index contributed by atoms with van der Waals surface area (Å²) >= 11 is 0. The third-order valence-electron chi connectivity index (χ3n) is 5.05. The van der Waals surface area contributed by atoms with Crippen LogP contribution < -0.4 is 11.1 Å². The molecule has 1 aromatic carbocycles. The van der Waals surface area contributed by atoms with Crippen molar-refractivity contribution < 1.29 is 14.3 Å². The standard InChI is InChI=1S/C20H30N2O3/c1-25-19(23)13-8-16-6-11-18(12-7-16)22-20(24)17-9-4-15(5-10-17)3-2-14-21/h4-5,9-10,16,18H,2-3,6-8,11-14,21H2,1H3,(H,22,24). The van der Waals surface area contributed by atoms with Gasteiger partial charge in [-0.15, -0.1) is 0 Å². The van der Waals surface area contributed by atoms with Gasteiger partial charge in [0.1, 0.15) is 0 Å². The van der Waals surface area contributed by atoms with Crippen molar-refractivity contribution in [1.29, 1.82) is 0 Å². The Balaban J connectivity index is 1.73. The lowest BCUT2D eigenvalue weighted by Gasteiger charge is -2.29. The highest BCUT2D eigenvalue weighted by molar-refractivity contribution is 5.94. The first-order valence-corrected chi connectivity index (χ1v) is 9.29. The monoisotopic (exact) mass is 346 g/mol. The van der Waals surface area contributed by atoms with Crippen molar-refractivity contribution in [1.82, 2.24) is 5.32 Å². The van der Waals surface area contributed by atoms with Gasteiger partial charge in [0, 0.05) is 18.0 Å². The zero-order valence-corrected chi connectivity index (χ0v) is 15.1. The Bertz CT molecular complexity index is 549. The van der Waals surface area contributed by atoms with E-state index in [0.717, 1.165) is 44.9 Å². The van der Waals surface area contributed by atoms with E-state index in [2.05, 4.69) is 5.32 Å². The fraction of sp³-hybridized carbons (Fsp3) is 0.600. The molecule has 1 aromatic rings. The number of methoxy groups -OCH3 is 1. The van der Waals surface area contributed by atoms with Crippen LogP contribution in [-0.4, -0.2) is 31.6 Å². The van der Waals surface area contributed by atoms with Crippen molar-refractivity contribution in [3.63, 3.8) is 0 Å². The van der Waals surface area contributed by atoms with Crippen LogP contribution in [0.3, 0.4) is 0 Å². The first kappa shape index (κ1) is 19.4. The maximum absolute atomic E-state index is 12.4. The Hall–Kier alpha value is -1.88. The summed E-state index contributed by atoms with van der Waals surface area (Å²) in [5, 5.41) is 3.14. The number of carbonyl (C=O) groups is 2. The molecule has 25 heavy (non-hydrogen) atoms. The summed E-state index contributed by atoms with van der Waals surface area (Å²) in [5.41, 5.74) is 7.45. The SMILES string of the molecule is COC(=O)CCC1CCC(NC(=O)c2ccc(CCCN)cc2)CC1. The van der Waals surface area contributed by atoms with Crippen LogP contribution in [0.5, 0.6) is 0 Å². The van der Waals surface area contributed by atoms with Gasteiger partial charge in [0.2, 0.25) is 0 Å². The normalized spacial score (nSPS) is 20.1. The molecule has 0 radical (unpaired) electrons. The second-order valence-electron chi connectivity index (χ2n) is 6.90. The molecule has 0 spiro atoms. The summed E-state index contributed by atoms with van der Waals surface area (Å²) in [6.45, 7) is 0.685. The van der Waals surface area contributed by atoms with Crippen molar-refractivity contribution in [2.24, 2.45) is 11.7 Å². The van der Waals surface area contributed by atoms with E-state index in [9.17, 15) is 9.59 Å². The van der Waals surface area contributed by atoms with Crippen LogP contribution in [-0.2, 0) is 16.0 Å². The minimum Gasteiger partial charge on any atom is -0.469 e. The number of ether oxygens (including phenoxy) is 1. The molecular formula is C20H30N2O3. The van der Waals surface area contributed by atoms with Crippen LogP contribution in [0.25, 0.3) is 0 Å². The summed E-state index contributed by atoms with van der Waals surface area (Å²) < 4.78 is 4.69. The molecule has 5 nitrogen and oxygen atoms in total. The molecule has 0 bridgehead atoms. The van der Waals surface area contributed by atoms with Crippen LogP contribution in [0.15, 0.2) is 24.3 Å². The van der Waals surface area contributed by atoms with Gasteiger partial charge in [-0.25, -0.2) is 0 Å². The Morgan fingerprint density at radius 1 is 1.16 bits per heavy atom. The fourth-order valence-electron chi connectivity index (χ4n) is 3.42. The van der Waals surface area contributed by atoms with Crippen LogP contribution in [0.4, 0.5) is 0 Å². The Morgan fingerprint density at radius 3 is 2.44 bits per heavy atom. The number of hydrogen-bond donors (Lipinski definition) is 2. The summed E-state index contributed by atoms with van der Waals surface area (Å²) in [4.78, 5) is 23.6. The van der Waals surface area contributed by atoms with Crippen LogP contribution in [0.1, 0.15) is 60.9 Å². The average Bonchev–Trinajstić information content (AvgIpc) is 2.65. The molecule has 0 atom stereocenters. The van der Waals surface area contributed by atoms with Crippen molar-refractivity contribution in [2.75, 3.05) is 13.7 Å². The molecule has 0 unspecified atom stereocenters. The van der Waals surface area contributed by atoms with E-state index >= 15 is 0 Å². The topological polar surface area (TPSA) is 81.4 Å². The minimum atomic E-state index is -0.134. The number of nitrogens with two attached hydrogens (primary N) is 1. The smallest absolute Gasteiger partial charge is 0.305 e. The number of carbonyl (C=O) groups excluding carboxylic acids is 2. The number of rotatable bonds is 8. The molecule has 0 heterocycles. The molecule has 0 saturated heterocycles. The van der Waals surface area contributed by atoms with E-state index in [1.807, 2.05) is 24.3 Å². The van der Waals surface area contributed by atoms with Gasteiger partial charge in [0.25, 0.3) is 5.91 Å². The van der Waals surface area contributed by atoms with Crippen molar-refractivity contribution >= 4 is 11.9 Å². The van der Waals surface area contributed by atoms with E-state index in [1.165, 1.54) is 12.7 Å². The maximum atomic E-state index is 12.4. The largest absolute Gasteiger partial charge is 0.469 e. The lowest BCUT2D eigenvalue weighted by atomic mass is 9.83. The van der Waals surface area contributed by atoms with Crippen molar-refractivity contribution in [3.05, 3.63) is 35.4 Å². The van der Waals surface area contributed by atoms with Crippen molar-refractivity contribution in [2.45, 2.75) is 57.4 Å². The van der Waals surface area contributed by atoms with Crippen LogP contribution >= 0.6 is 0 Å². The molecular weight excluding hydrogens is 316 g/mol. The van der Waals surface area contributed by atoms with Gasteiger partial charge < -0.3 is 15.8 Å². The Morgan fingerprint density at radius 2 is 1.84 bits per heavy atom. The van der Waals surface area contributed by atoms with Gasteiger partial charge in [-0.3, -0.25) is 9.59 Å². The molecule has 1 aliphatic carbocycles. The number of benzene rings is 1. The highest BCUT2D eigenvalue weighted by atomic mass is 16.5. The zero-order valence-electron chi connectivity index (χ0n) is 15.1. The number of aryl methyl sites for hydroxylation is 1. The lowest BCUT2D eigenvalue weighted by Crippen LogP contribution is -2.37. The molecule has 0 aliphatic heterocycles. The molecule has 1 saturated carbocycles. The van der Waals surface area contributed by atoms with E-state index in [4.69, 9.17) is 10.5 Å². The predicted octanol–water partition coefficient (Wildman–Crippen LogP) is 2.82. The third kappa shape index (κ3) is 6.50. The third-order valence-corrected chi connectivity index (χ3v) is 5.05. The number of nitrogens with one attached hydrogen (secondary N) is 1. The first-order chi connectivity index (χ1) is 12.1. The highest BCUT2D eigenvalue weighted by Gasteiger charge is 2.23. The molecule has 3 N–H and O–H groups in total. The molecule has 138 valence electrons. The maximum Gasteiger partial charge on any atom is 0.305 e. The van der Waals surface area contributed by atoms with Gasteiger partial charge in [-0.2, -0.15) is 0 Å². The second-order valence-corrected chi connectivity index (χ2v) is 6.90. The average molecular weight is 346 g/mol. The summed E-state index contributed by atoms with van der Waals surface area (Å²) in [6, 6.07) is 8.04. The van der Waals surface area contributed by atoms with Gasteiger partial charge in [-0.1, -0.05) is 12.1 Å². The van der Waals surface area contributed by atoms with E-state index < -0.39 is 0 Å². The Labute approximate surface area is 150 Å². The van der Waals surface area contributed by atoms with E-state index in [0.29, 0.717) is 24.4 Å². The number of amides is 1. The first-order valence-electron chi connectivity index (χ1n) is 9.29. The number of hydrogen-bond acceptors (Lipinski definition) is 4. The van der Waals surface area contributed by atoms with E-state index in [-0.39, 0.29) is 17.9 Å². The summed E-state index contributed by atoms with van der Waals surface area (Å²) in [7, 11) is 1.43. The molecule has 1 aliphatic rings. The van der Waals surface area contributed by atoms with Gasteiger partial charge in [0.15, 0.2) is 0 Å². The summed E-state index contributed by atoms with van der Waals surface area (Å²) in [6.07, 6.45) is 7.36. The minimum absolute atomic E-state index is 0.00313. The fourth-order valence-corrected chi connectivity index (χ4v) is 3.42. The quantitative estimate of drug-likeness (QED) is 0.709. The molecule has 1 fully saturated rings. The van der Waals surface area contributed by atoms with Gasteiger partial charge in [-0.05, 0) is 75.1 Å². The van der Waals surface area contributed by atoms with Crippen LogP contribution in [0, 0.1) is 5.92 Å². The summed E-state index contributed by atoms with van der Waals surface area (Å²) in [5.74, 6) is 0.433. The molecule has 5 heteroatoms.